The normalized spacial score (nSPS) is 12.2. The number of benzene rings is 1. The topological polar surface area (TPSA) is 81.7 Å². The van der Waals surface area contributed by atoms with E-state index in [1.807, 2.05) is 4.68 Å². The Morgan fingerprint density at radius 1 is 1.20 bits per heavy atom. The van der Waals surface area contributed by atoms with Gasteiger partial charge in [-0.05, 0) is 32.9 Å². The summed E-state index contributed by atoms with van der Waals surface area (Å²) in [5.41, 5.74) is 1.69. The SMILES string of the molecule is CC(C)(C)n1ncc2c(NCc3noc4cc(F)ccc34)ncnc21. The first-order chi connectivity index (χ1) is 11.9. The second-order valence-corrected chi connectivity index (χ2v) is 6.81. The van der Waals surface area contributed by atoms with Crippen molar-refractivity contribution in [2.24, 2.45) is 0 Å². The zero-order chi connectivity index (χ0) is 17.6. The molecule has 0 amide bonds. The van der Waals surface area contributed by atoms with Gasteiger partial charge in [0.15, 0.2) is 11.2 Å². The van der Waals surface area contributed by atoms with Crippen molar-refractivity contribution in [1.29, 1.82) is 0 Å². The lowest BCUT2D eigenvalue weighted by atomic mass is 10.1. The maximum atomic E-state index is 13.2. The predicted molar refractivity (Wildman–Crippen MR) is 91.6 cm³/mol. The number of nitrogens with one attached hydrogen (secondary N) is 1. The summed E-state index contributed by atoms with van der Waals surface area (Å²) >= 11 is 0. The Balaban J connectivity index is 1.66. The largest absolute Gasteiger partial charge is 0.364 e. The average Bonchev–Trinajstić information content (AvgIpc) is 3.16. The number of anilines is 1. The van der Waals surface area contributed by atoms with E-state index in [2.05, 4.69) is 46.3 Å². The molecule has 4 aromatic rings. The van der Waals surface area contributed by atoms with Crippen LogP contribution in [0.5, 0.6) is 0 Å². The fourth-order valence-corrected chi connectivity index (χ4v) is 2.73. The van der Waals surface area contributed by atoms with Gasteiger partial charge in [0.05, 0.1) is 23.7 Å². The van der Waals surface area contributed by atoms with Crippen LogP contribution in [0.3, 0.4) is 0 Å². The maximum absolute atomic E-state index is 13.2. The first-order valence-corrected chi connectivity index (χ1v) is 7.90. The molecule has 0 radical (unpaired) electrons. The molecule has 7 nitrogen and oxygen atoms in total. The van der Waals surface area contributed by atoms with Crippen molar-refractivity contribution in [2.45, 2.75) is 32.9 Å². The van der Waals surface area contributed by atoms with Crippen LogP contribution in [0.4, 0.5) is 10.2 Å². The van der Waals surface area contributed by atoms with Gasteiger partial charge in [0, 0.05) is 11.5 Å². The molecule has 0 atom stereocenters. The molecule has 1 aromatic carbocycles. The van der Waals surface area contributed by atoms with Crippen molar-refractivity contribution in [1.82, 2.24) is 24.9 Å². The summed E-state index contributed by atoms with van der Waals surface area (Å²) in [6.45, 7) is 6.59. The second-order valence-electron chi connectivity index (χ2n) is 6.81. The van der Waals surface area contributed by atoms with Gasteiger partial charge in [-0.15, -0.1) is 0 Å². The number of halogens is 1. The molecule has 0 aliphatic carbocycles. The third-order valence-electron chi connectivity index (χ3n) is 3.93. The van der Waals surface area contributed by atoms with E-state index in [0.717, 1.165) is 16.4 Å². The highest BCUT2D eigenvalue weighted by atomic mass is 19.1. The lowest BCUT2D eigenvalue weighted by molar-refractivity contribution is 0.366. The molecular weight excluding hydrogens is 323 g/mol. The van der Waals surface area contributed by atoms with Crippen molar-refractivity contribution in [3.05, 3.63) is 42.2 Å². The molecule has 8 heteroatoms. The Morgan fingerprint density at radius 2 is 2.04 bits per heavy atom. The highest BCUT2D eigenvalue weighted by Crippen LogP contribution is 2.25. The Labute approximate surface area is 142 Å². The third kappa shape index (κ3) is 2.69. The van der Waals surface area contributed by atoms with Gasteiger partial charge >= 0.3 is 0 Å². The summed E-state index contributed by atoms with van der Waals surface area (Å²) in [6.07, 6.45) is 3.25. The van der Waals surface area contributed by atoms with Crippen molar-refractivity contribution in [3.8, 4) is 0 Å². The fourth-order valence-electron chi connectivity index (χ4n) is 2.73. The minimum absolute atomic E-state index is 0.181. The summed E-state index contributed by atoms with van der Waals surface area (Å²) in [4.78, 5) is 8.65. The molecule has 0 fully saturated rings. The monoisotopic (exact) mass is 340 g/mol. The van der Waals surface area contributed by atoms with E-state index in [1.54, 1.807) is 12.3 Å². The summed E-state index contributed by atoms with van der Waals surface area (Å²) < 4.78 is 20.3. The Kier molecular flexibility index (Phi) is 3.41. The highest BCUT2D eigenvalue weighted by molar-refractivity contribution is 5.86. The summed E-state index contributed by atoms with van der Waals surface area (Å²) in [5.74, 6) is 0.314. The van der Waals surface area contributed by atoms with E-state index in [0.29, 0.717) is 23.6 Å². The minimum Gasteiger partial charge on any atom is -0.364 e. The quantitative estimate of drug-likeness (QED) is 0.615. The minimum atomic E-state index is -0.352. The molecule has 0 saturated heterocycles. The molecule has 0 aliphatic heterocycles. The molecule has 0 bridgehead atoms. The van der Waals surface area contributed by atoms with Gasteiger partial charge in [0.2, 0.25) is 0 Å². The highest BCUT2D eigenvalue weighted by Gasteiger charge is 2.19. The number of aromatic nitrogens is 5. The Bertz CT molecular complexity index is 1060. The van der Waals surface area contributed by atoms with E-state index < -0.39 is 0 Å². The van der Waals surface area contributed by atoms with Crippen molar-refractivity contribution in [2.75, 3.05) is 5.32 Å². The van der Waals surface area contributed by atoms with E-state index in [9.17, 15) is 4.39 Å². The van der Waals surface area contributed by atoms with Crippen LogP contribution in [0.15, 0.2) is 35.2 Å². The number of hydrogen-bond donors (Lipinski definition) is 1. The number of fused-ring (bicyclic) bond motifs is 2. The van der Waals surface area contributed by atoms with Gasteiger partial charge in [-0.1, -0.05) is 5.16 Å². The summed E-state index contributed by atoms with van der Waals surface area (Å²) in [6, 6.07) is 4.37. The summed E-state index contributed by atoms with van der Waals surface area (Å²) in [5, 5.41) is 13.3. The number of hydrogen-bond acceptors (Lipinski definition) is 6. The van der Waals surface area contributed by atoms with Gasteiger partial charge in [0.25, 0.3) is 0 Å². The zero-order valence-corrected chi connectivity index (χ0v) is 14.1. The van der Waals surface area contributed by atoms with Crippen molar-refractivity contribution >= 4 is 27.8 Å². The first kappa shape index (κ1) is 15.5. The predicted octanol–water partition coefficient (Wildman–Crippen LogP) is 3.47. The van der Waals surface area contributed by atoms with E-state index >= 15 is 0 Å². The van der Waals surface area contributed by atoms with E-state index in [1.165, 1.54) is 18.5 Å². The third-order valence-corrected chi connectivity index (χ3v) is 3.93. The fraction of sp³-hybridized carbons (Fsp3) is 0.294. The van der Waals surface area contributed by atoms with Gasteiger partial charge < -0.3 is 9.84 Å². The van der Waals surface area contributed by atoms with Crippen molar-refractivity contribution in [3.63, 3.8) is 0 Å². The molecule has 128 valence electrons. The van der Waals surface area contributed by atoms with Crippen LogP contribution in [-0.4, -0.2) is 24.9 Å². The Hall–Kier alpha value is -3.03. The van der Waals surface area contributed by atoms with Crippen LogP contribution in [-0.2, 0) is 12.1 Å². The van der Waals surface area contributed by atoms with E-state index in [-0.39, 0.29) is 11.4 Å². The summed E-state index contributed by atoms with van der Waals surface area (Å²) in [7, 11) is 0. The van der Waals surface area contributed by atoms with Gasteiger partial charge in [-0.2, -0.15) is 5.10 Å². The van der Waals surface area contributed by atoms with Crippen LogP contribution in [0, 0.1) is 5.82 Å². The molecule has 0 aliphatic rings. The van der Waals surface area contributed by atoms with Crippen molar-refractivity contribution < 1.29 is 8.91 Å². The smallest absolute Gasteiger partial charge is 0.170 e. The molecule has 1 N–H and O–H groups in total. The molecule has 0 saturated carbocycles. The molecule has 3 heterocycles. The van der Waals surface area contributed by atoms with Crippen LogP contribution >= 0.6 is 0 Å². The standard InChI is InChI=1S/C17H17FN6O/c1-17(2,3)24-16-12(7-22-24)15(20-9-21-16)19-8-13-11-5-4-10(18)6-14(11)25-23-13/h4-7,9H,8H2,1-3H3,(H,19,20,21). The molecule has 0 spiro atoms. The zero-order valence-electron chi connectivity index (χ0n) is 14.1. The molecule has 0 unspecified atom stereocenters. The number of rotatable bonds is 3. The molecule has 4 rings (SSSR count). The molecular formula is C17H17FN6O. The van der Waals surface area contributed by atoms with Crippen LogP contribution in [0.1, 0.15) is 26.5 Å². The maximum Gasteiger partial charge on any atom is 0.170 e. The second kappa shape index (κ2) is 5.51. The lowest BCUT2D eigenvalue weighted by Crippen LogP contribution is -2.23. The van der Waals surface area contributed by atoms with Gasteiger partial charge in [0.1, 0.15) is 23.7 Å². The van der Waals surface area contributed by atoms with Crippen LogP contribution < -0.4 is 5.32 Å². The Morgan fingerprint density at radius 3 is 2.84 bits per heavy atom. The lowest BCUT2D eigenvalue weighted by Gasteiger charge is -2.19. The average molecular weight is 340 g/mol. The van der Waals surface area contributed by atoms with Crippen LogP contribution in [0.2, 0.25) is 0 Å². The van der Waals surface area contributed by atoms with Gasteiger partial charge in [-0.25, -0.2) is 19.0 Å². The first-order valence-electron chi connectivity index (χ1n) is 7.90. The van der Waals surface area contributed by atoms with Crippen LogP contribution in [0.25, 0.3) is 22.0 Å². The molecule has 25 heavy (non-hydrogen) atoms. The van der Waals surface area contributed by atoms with Gasteiger partial charge in [-0.3, -0.25) is 0 Å². The molecule has 3 aromatic heterocycles. The number of nitrogens with zero attached hydrogens (tertiary/aromatic N) is 5. The van der Waals surface area contributed by atoms with E-state index in [4.69, 9.17) is 4.52 Å².